The minimum atomic E-state index is -0.602. The maximum Gasteiger partial charge on any atom is 0.334 e. The predicted molar refractivity (Wildman–Crippen MR) is 103 cm³/mol. The number of hydrogen-bond acceptors (Lipinski definition) is 4. The van der Waals surface area contributed by atoms with Crippen molar-refractivity contribution in [2.75, 3.05) is 6.61 Å². The van der Waals surface area contributed by atoms with Crippen molar-refractivity contribution < 1.29 is 19.1 Å². The molecule has 0 atom stereocenters. The SMILES string of the molecule is CCOC(=O)/C(=C/c1cc(C(C)C)ccc1Br)CC(=O)OC(C)(C)C. The Morgan fingerprint density at radius 3 is 2.40 bits per heavy atom. The maximum absolute atomic E-state index is 12.3. The summed E-state index contributed by atoms with van der Waals surface area (Å²) < 4.78 is 11.3. The Bertz CT molecular complexity index is 654. The van der Waals surface area contributed by atoms with Gasteiger partial charge in [0.1, 0.15) is 5.60 Å². The first-order valence-electron chi connectivity index (χ1n) is 8.42. The number of carbonyl (C=O) groups excluding carboxylic acids is 2. The van der Waals surface area contributed by atoms with Crippen LogP contribution in [0.3, 0.4) is 0 Å². The highest BCUT2D eigenvalue weighted by Crippen LogP contribution is 2.26. The average Bonchev–Trinajstić information content (AvgIpc) is 2.46. The highest BCUT2D eigenvalue weighted by Gasteiger charge is 2.21. The summed E-state index contributed by atoms with van der Waals surface area (Å²) in [5, 5.41) is 0. The number of esters is 2. The number of hydrogen-bond donors (Lipinski definition) is 0. The minimum Gasteiger partial charge on any atom is -0.463 e. The van der Waals surface area contributed by atoms with Crippen LogP contribution in [-0.4, -0.2) is 24.1 Å². The standard InChI is InChI=1S/C20H27BrO4/c1-7-24-19(23)16(12-18(22)25-20(4,5)6)11-15-10-14(13(2)3)8-9-17(15)21/h8-11,13H,7,12H2,1-6H3/b16-11+. The normalized spacial score (nSPS) is 12.2. The van der Waals surface area contributed by atoms with Gasteiger partial charge in [0, 0.05) is 10.0 Å². The van der Waals surface area contributed by atoms with Gasteiger partial charge in [0.15, 0.2) is 0 Å². The molecule has 4 nitrogen and oxygen atoms in total. The molecule has 0 aliphatic carbocycles. The van der Waals surface area contributed by atoms with Crippen LogP contribution in [0.4, 0.5) is 0 Å². The minimum absolute atomic E-state index is 0.131. The molecule has 0 fully saturated rings. The zero-order valence-corrected chi connectivity index (χ0v) is 17.4. The number of benzene rings is 1. The van der Waals surface area contributed by atoms with E-state index in [0.29, 0.717) is 5.92 Å². The Labute approximate surface area is 158 Å². The molecule has 5 heteroatoms. The van der Waals surface area contributed by atoms with Crippen molar-refractivity contribution in [2.24, 2.45) is 0 Å². The van der Waals surface area contributed by atoms with Crippen molar-refractivity contribution in [2.45, 2.75) is 59.5 Å². The highest BCUT2D eigenvalue weighted by atomic mass is 79.9. The van der Waals surface area contributed by atoms with Crippen LogP contribution in [0.25, 0.3) is 6.08 Å². The average molecular weight is 411 g/mol. The molecule has 0 spiro atoms. The van der Waals surface area contributed by atoms with Gasteiger partial charge in [-0.05, 0) is 56.9 Å². The Balaban J connectivity index is 3.19. The second-order valence-corrected chi connectivity index (χ2v) is 7.94. The Morgan fingerprint density at radius 1 is 1.24 bits per heavy atom. The third-order valence-corrected chi connectivity index (χ3v) is 4.03. The van der Waals surface area contributed by atoms with Crippen LogP contribution < -0.4 is 0 Å². The van der Waals surface area contributed by atoms with Gasteiger partial charge in [-0.15, -0.1) is 0 Å². The lowest BCUT2D eigenvalue weighted by Gasteiger charge is -2.20. The summed E-state index contributed by atoms with van der Waals surface area (Å²) in [6, 6.07) is 5.98. The van der Waals surface area contributed by atoms with Crippen molar-refractivity contribution in [3.63, 3.8) is 0 Å². The number of ether oxygens (including phenoxy) is 2. The second-order valence-electron chi connectivity index (χ2n) is 7.09. The van der Waals surface area contributed by atoms with E-state index in [9.17, 15) is 9.59 Å². The zero-order valence-electron chi connectivity index (χ0n) is 15.8. The van der Waals surface area contributed by atoms with Crippen molar-refractivity contribution in [3.8, 4) is 0 Å². The monoisotopic (exact) mass is 410 g/mol. The number of rotatable bonds is 6. The molecule has 25 heavy (non-hydrogen) atoms. The molecule has 1 aromatic rings. The fourth-order valence-corrected chi connectivity index (χ4v) is 2.52. The fraction of sp³-hybridized carbons (Fsp3) is 0.500. The van der Waals surface area contributed by atoms with Crippen molar-refractivity contribution in [3.05, 3.63) is 39.4 Å². The Morgan fingerprint density at radius 2 is 1.88 bits per heavy atom. The number of carbonyl (C=O) groups is 2. The molecule has 0 heterocycles. The van der Waals surface area contributed by atoms with Gasteiger partial charge in [0.2, 0.25) is 0 Å². The van der Waals surface area contributed by atoms with Gasteiger partial charge >= 0.3 is 11.9 Å². The van der Waals surface area contributed by atoms with E-state index in [0.717, 1.165) is 15.6 Å². The third kappa shape index (κ3) is 7.43. The molecule has 0 N–H and O–H groups in total. The van der Waals surface area contributed by atoms with E-state index >= 15 is 0 Å². The predicted octanol–water partition coefficient (Wildman–Crippen LogP) is 5.25. The molecule has 1 aromatic carbocycles. The van der Waals surface area contributed by atoms with E-state index < -0.39 is 17.5 Å². The van der Waals surface area contributed by atoms with Gasteiger partial charge < -0.3 is 9.47 Å². The van der Waals surface area contributed by atoms with Crippen LogP contribution >= 0.6 is 15.9 Å². The van der Waals surface area contributed by atoms with Crippen LogP contribution in [0.5, 0.6) is 0 Å². The summed E-state index contributed by atoms with van der Waals surface area (Å²) in [7, 11) is 0. The molecular weight excluding hydrogens is 384 g/mol. The molecule has 138 valence electrons. The summed E-state index contributed by atoms with van der Waals surface area (Å²) in [6.45, 7) is 11.6. The Kier molecular flexibility index (Phi) is 7.87. The lowest BCUT2D eigenvalue weighted by Crippen LogP contribution is -2.25. The first kappa shape index (κ1) is 21.4. The highest BCUT2D eigenvalue weighted by molar-refractivity contribution is 9.10. The number of halogens is 1. The Hall–Kier alpha value is -1.62. The summed E-state index contributed by atoms with van der Waals surface area (Å²) in [4.78, 5) is 24.4. The van der Waals surface area contributed by atoms with Gasteiger partial charge in [-0.2, -0.15) is 0 Å². The van der Waals surface area contributed by atoms with E-state index in [2.05, 4.69) is 29.8 Å². The van der Waals surface area contributed by atoms with E-state index in [1.54, 1.807) is 33.8 Å². The smallest absolute Gasteiger partial charge is 0.334 e. The molecule has 0 aliphatic heterocycles. The first-order chi connectivity index (χ1) is 11.5. The third-order valence-electron chi connectivity index (χ3n) is 3.31. The molecule has 0 aromatic heterocycles. The molecule has 0 saturated carbocycles. The van der Waals surface area contributed by atoms with Gasteiger partial charge in [-0.1, -0.05) is 41.9 Å². The molecule has 0 amide bonds. The van der Waals surface area contributed by atoms with Crippen molar-refractivity contribution in [1.82, 2.24) is 0 Å². The summed E-state index contributed by atoms with van der Waals surface area (Å²) in [5.41, 5.74) is 1.65. The molecule has 0 radical (unpaired) electrons. The van der Waals surface area contributed by atoms with Crippen molar-refractivity contribution in [1.29, 1.82) is 0 Å². The summed E-state index contributed by atoms with van der Waals surface area (Å²) >= 11 is 3.50. The molecule has 0 unspecified atom stereocenters. The second kappa shape index (κ2) is 9.18. The molecule has 0 saturated heterocycles. The largest absolute Gasteiger partial charge is 0.463 e. The molecule has 0 bridgehead atoms. The lowest BCUT2D eigenvalue weighted by atomic mass is 9.99. The fourth-order valence-electron chi connectivity index (χ4n) is 2.16. The molecule has 1 rings (SSSR count). The summed E-state index contributed by atoms with van der Waals surface area (Å²) in [6.07, 6.45) is 1.56. The van der Waals surface area contributed by atoms with Gasteiger partial charge in [-0.3, -0.25) is 4.79 Å². The quantitative estimate of drug-likeness (QED) is 0.474. The topological polar surface area (TPSA) is 52.6 Å². The van der Waals surface area contributed by atoms with Gasteiger partial charge in [0.25, 0.3) is 0 Å². The van der Waals surface area contributed by atoms with E-state index in [1.165, 1.54) is 0 Å². The summed E-state index contributed by atoms with van der Waals surface area (Å²) in [5.74, 6) is -0.602. The van der Waals surface area contributed by atoms with Crippen LogP contribution in [0.1, 0.15) is 65.0 Å². The maximum atomic E-state index is 12.3. The molecule has 0 aliphatic rings. The van der Waals surface area contributed by atoms with Crippen LogP contribution in [0.2, 0.25) is 0 Å². The van der Waals surface area contributed by atoms with Crippen molar-refractivity contribution >= 4 is 33.9 Å². The zero-order chi connectivity index (χ0) is 19.2. The van der Waals surface area contributed by atoms with E-state index in [-0.39, 0.29) is 18.6 Å². The van der Waals surface area contributed by atoms with Crippen LogP contribution in [-0.2, 0) is 19.1 Å². The van der Waals surface area contributed by atoms with Crippen LogP contribution in [0, 0.1) is 0 Å². The molecular formula is C20H27BrO4. The van der Waals surface area contributed by atoms with Gasteiger partial charge in [-0.25, -0.2) is 4.79 Å². The van der Waals surface area contributed by atoms with Gasteiger partial charge in [0.05, 0.1) is 13.0 Å². The first-order valence-corrected chi connectivity index (χ1v) is 9.21. The lowest BCUT2D eigenvalue weighted by molar-refractivity contribution is -0.155. The van der Waals surface area contributed by atoms with Crippen LogP contribution in [0.15, 0.2) is 28.2 Å². The van der Waals surface area contributed by atoms with E-state index in [1.807, 2.05) is 18.2 Å². The van der Waals surface area contributed by atoms with E-state index in [4.69, 9.17) is 9.47 Å².